The average molecular weight is 310 g/mol. The summed E-state index contributed by atoms with van der Waals surface area (Å²) < 4.78 is 29.8. The molecule has 1 aromatic carbocycles. The summed E-state index contributed by atoms with van der Waals surface area (Å²) in [7, 11) is 0. The largest absolute Gasteiger partial charge is 0.460 e. The van der Waals surface area contributed by atoms with Gasteiger partial charge in [-0.2, -0.15) is 0 Å². The van der Waals surface area contributed by atoms with E-state index in [0.717, 1.165) is 12.0 Å². The minimum absolute atomic E-state index is 0.0366. The lowest BCUT2D eigenvalue weighted by molar-refractivity contribution is -0.153. The molecule has 0 saturated carbocycles. The Morgan fingerprint density at radius 2 is 2.14 bits per heavy atom. The molecule has 2 rings (SSSR count). The van der Waals surface area contributed by atoms with Crippen LogP contribution in [-0.4, -0.2) is 30.9 Å². The van der Waals surface area contributed by atoms with Gasteiger partial charge in [0.25, 0.3) is 0 Å². The first-order chi connectivity index (χ1) is 10.3. The third kappa shape index (κ3) is 5.39. The van der Waals surface area contributed by atoms with Crippen LogP contribution < -0.4 is 0 Å². The molecule has 1 atom stereocenters. The summed E-state index contributed by atoms with van der Waals surface area (Å²) in [6.45, 7) is 7.05. The number of ether oxygens (including phenoxy) is 3. The smallest absolute Gasteiger partial charge is 0.310 e. The molecule has 1 saturated heterocycles. The molecule has 22 heavy (non-hydrogen) atoms. The third-order valence-corrected chi connectivity index (χ3v) is 3.29. The van der Waals surface area contributed by atoms with Crippen molar-refractivity contribution in [3.63, 3.8) is 0 Å². The molecular formula is C17H23FO4. The zero-order chi connectivity index (χ0) is 16.2. The van der Waals surface area contributed by atoms with Crippen molar-refractivity contribution in [1.29, 1.82) is 0 Å². The van der Waals surface area contributed by atoms with Crippen molar-refractivity contribution < 1.29 is 23.4 Å². The maximum atomic E-state index is 13.5. The van der Waals surface area contributed by atoms with E-state index in [4.69, 9.17) is 14.2 Å². The van der Waals surface area contributed by atoms with Gasteiger partial charge < -0.3 is 14.2 Å². The van der Waals surface area contributed by atoms with E-state index in [1.807, 2.05) is 0 Å². The van der Waals surface area contributed by atoms with Crippen LogP contribution in [-0.2, 0) is 32.0 Å². The molecule has 0 N–H and O–H groups in total. The summed E-state index contributed by atoms with van der Waals surface area (Å²) in [5.41, 5.74) is 0.856. The van der Waals surface area contributed by atoms with Crippen LogP contribution in [0.3, 0.4) is 0 Å². The number of halogens is 1. The molecule has 5 heteroatoms. The Morgan fingerprint density at radius 3 is 2.77 bits per heavy atom. The lowest BCUT2D eigenvalue weighted by atomic mass is 10.0. The average Bonchev–Trinajstić information content (AvgIpc) is 2.88. The highest BCUT2D eigenvalue weighted by Gasteiger charge is 2.20. The highest BCUT2D eigenvalue weighted by molar-refractivity contribution is 5.73. The van der Waals surface area contributed by atoms with Gasteiger partial charge in [0.15, 0.2) is 0 Å². The summed E-state index contributed by atoms with van der Waals surface area (Å²) in [5.74, 6) is -0.741. The summed E-state index contributed by atoms with van der Waals surface area (Å²) in [6, 6.07) is 4.40. The summed E-state index contributed by atoms with van der Waals surface area (Å²) in [6.07, 6.45) is 0.969. The predicted octanol–water partition coefficient (Wildman–Crippen LogP) is 3.02. The maximum Gasteiger partial charge on any atom is 0.310 e. The van der Waals surface area contributed by atoms with Gasteiger partial charge in [-0.3, -0.25) is 4.79 Å². The number of hydrogen-bond donors (Lipinski definition) is 0. The van der Waals surface area contributed by atoms with Gasteiger partial charge in [0.1, 0.15) is 11.4 Å². The number of rotatable bonds is 5. The topological polar surface area (TPSA) is 44.8 Å². The molecule has 1 fully saturated rings. The molecule has 1 aliphatic heterocycles. The predicted molar refractivity (Wildman–Crippen MR) is 80.0 cm³/mol. The van der Waals surface area contributed by atoms with E-state index >= 15 is 0 Å². The fourth-order valence-electron chi connectivity index (χ4n) is 2.28. The fourth-order valence-corrected chi connectivity index (χ4v) is 2.28. The quantitative estimate of drug-likeness (QED) is 0.784. The molecular weight excluding hydrogens is 287 g/mol. The van der Waals surface area contributed by atoms with Crippen molar-refractivity contribution in [3.8, 4) is 0 Å². The molecule has 0 radical (unpaired) electrons. The van der Waals surface area contributed by atoms with E-state index in [9.17, 15) is 9.18 Å². The maximum absolute atomic E-state index is 13.5. The number of hydrogen-bond acceptors (Lipinski definition) is 4. The van der Waals surface area contributed by atoms with Gasteiger partial charge >= 0.3 is 5.97 Å². The van der Waals surface area contributed by atoms with Gasteiger partial charge in [-0.1, -0.05) is 6.07 Å². The molecule has 4 nitrogen and oxygen atoms in total. The van der Waals surface area contributed by atoms with Crippen LogP contribution in [0.4, 0.5) is 4.39 Å². The van der Waals surface area contributed by atoms with Gasteiger partial charge in [0.05, 0.1) is 25.7 Å². The van der Waals surface area contributed by atoms with E-state index in [0.29, 0.717) is 25.4 Å². The third-order valence-electron chi connectivity index (χ3n) is 3.29. The van der Waals surface area contributed by atoms with Crippen LogP contribution in [0.1, 0.15) is 38.3 Å². The minimum atomic E-state index is -0.553. The molecule has 1 aromatic rings. The van der Waals surface area contributed by atoms with Gasteiger partial charge in [0.2, 0.25) is 0 Å². The molecule has 0 aliphatic carbocycles. The zero-order valence-corrected chi connectivity index (χ0v) is 13.4. The van der Waals surface area contributed by atoms with Crippen LogP contribution in [0.5, 0.6) is 0 Å². The molecule has 1 heterocycles. The lowest BCUT2D eigenvalue weighted by Gasteiger charge is -2.20. The first kappa shape index (κ1) is 16.9. The molecule has 1 unspecified atom stereocenters. The van der Waals surface area contributed by atoms with Crippen LogP contribution in [0, 0.1) is 5.82 Å². The van der Waals surface area contributed by atoms with E-state index < -0.39 is 5.60 Å². The van der Waals surface area contributed by atoms with Crippen LogP contribution in [0.15, 0.2) is 18.2 Å². The van der Waals surface area contributed by atoms with E-state index in [1.165, 1.54) is 12.1 Å². The summed E-state index contributed by atoms with van der Waals surface area (Å²) in [4.78, 5) is 11.9. The number of carbonyl (C=O) groups excluding carboxylic acids is 1. The second-order valence-electron chi connectivity index (χ2n) is 6.47. The highest BCUT2D eigenvalue weighted by atomic mass is 19.1. The number of esters is 1. The first-order valence-corrected chi connectivity index (χ1v) is 7.52. The second kappa shape index (κ2) is 7.20. The first-order valence-electron chi connectivity index (χ1n) is 7.52. The Balaban J connectivity index is 2.01. The Bertz CT molecular complexity index is 516. The van der Waals surface area contributed by atoms with Crippen molar-refractivity contribution in [2.45, 2.75) is 51.9 Å². The molecule has 0 spiro atoms. The molecule has 1 aliphatic rings. The van der Waals surface area contributed by atoms with Crippen molar-refractivity contribution in [1.82, 2.24) is 0 Å². The summed E-state index contributed by atoms with van der Waals surface area (Å²) >= 11 is 0. The van der Waals surface area contributed by atoms with E-state index in [1.54, 1.807) is 26.8 Å². The molecule has 0 aromatic heterocycles. The number of benzene rings is 1. The molecule has 122 valence electrons. The van der Waals surface area contributed by atoms with Gasteiger partial charge in [-0.25, -0.2) is 4.39 Å². The Morgan fingerprint density at radius 1 is 1.36 bits per heavy atom. The molecule has 0 bridgehead atoms. The lowest BCUT2D eigenvalue weighted by Crippen LogP contribution is -2.25. The van der Waals surface area contributed by atoms with Gasteiger partial charge in [0, 0.05) is 6.61 Å². The van der Waals surface area contributed by atoms with Crippen LogP contribution in [0.2, 0.25) is 0 Å². The minimum Gasteiger partial charge on any atom is -0.460 e. The van der Waals surface area contributed by atoms with Crippen LogP contribution >= 0.6 is 0 Å². The van der Waals surface area contributed by atoms with Crippen molar-refractivity contribution in [2.75, 3.05) is 13.2 Å². The molecule has 0 amide bonds. The van der Waals surface area contributed by atoms with Gasteiger partial charge in [-0.05, 0) is 50.5 Å². The van der Waals surface area contributed by atoms with Crippen LogP contribution in [0.25, 0.3) is 0 Å². The zero-order valence-electron chi connectivity index (χ0n) is 13.4. The van der Waals surface area contributed by atoms with E-state index in [2.05, 4.69) is 0 Å². The van der Waals surface area contributed by atoms with E-state index in [-0.39, 0.29) is 24.3 Å². The highest BCUT2D eigenvalue weighted by Crippen LogP contribution is 2.18. The Kier molecular flexibility index (Phi) is 5.53. The number of carbonyl (C=O) groups is 1. The van der Waals surface area contributed by atoms with Crippen molar-refractivity contribution >= 4 is 5.97 Å². The standard InChI is InChI=1S/C17H23FO4/c1-17(2,3)22-16(19)9-13-8-14(18)5-4-12(13)10-21-15-6-7-20-11-15/h4-5,8,15H,6-7,9-11H2,1-3H3. The van der Waals surface area contributed by atoms with Gasteiger partial charge in [-0.15, -0.1) is 0 Å². The summed E-state index contributed by atoms with van der Waals surface area (Å²) in [5, 5.41) is 0. The normalized spacial score (nSPS) is 18.5. The van der Waals surface area contributed by atoms with Crippen molar-refractivity contribution in [3.05, 3.63) is 35.1 Å². The fraction of sp³-hybridized carbons (Fsp3) is 0.588. The second-order valence-corrected chi connectivity index (χ2v) is 6.47. The van der Waals surface area contributed by atoms with Crippen molar-refractivity contribution in [2.24, 2.45) is 0 Å². The Labute approximate surface area is 130 Å². The Hall–Kier alpha value is -1.46. The SMILES string of the molecule is CC(C)(C)OC(=O)Cc1cc(F)ccc1COC1CCOC1. The monoisotopic (exact) mass is 310 g/mol.